The Bertz CT molecular complexity index is 946. The Morgan fingerprint density at radius 2 is 2.11 bits per heavy atom. The zero-order valence-corrected chi connectivity index (χ0v) is 15.3. The van der Waals surface area contributed by atoms with Crippen LogP contribution in [0.5, 0.6) is 5.75 Å². The van der Waals surface area contributed by atoms with Gasteiger partial charge in [0.1, 0.15) is 12.3 Å². The molecule has 2 aliphatic rings. The predicted molar refractivity (Wildman–Crippen MR) is 103 cm³/mol. The molecule has 27 heavy (non-hydrogen) atoms. The van der Waals surface area contributed by atoms with Crippen molar-refractivity contribution in [3.05, 3.63) is 42.5 Å². The number of nitrogens with zero attached hydrogens (tertiary/aromatic N) is 1. The van der Waals surface area contributed by atoms with Gasteiger partial charge >= 0.3 is 0 Å². The first kappa shape index (κ1) is 17.4. The van der Waals surface area contributed by atoms with Gasteiger partial charge < -0.3 is 20.3 Å². The molecule has 2 aromatic carbocycles. The molecule has 3 amide bonds. The smallest absolute Gasteiger partial charge is 0.265 e. The lowest BCUT2D eigenvalue weighted by molar-refractivity contribution is -0.122. The van der Waals surface area contributed by atoms with Crippen LogP contribution in [0.2, 0.25) is 0 Å². The van der Waals surface area contributed by atoms with Crippen LogP contribution in [-0.4, -0.2) is 36.1 Å². The first-order valence-electron chi connectivity index (χ1n) is 8.45. The summed E-state index contributed by atoms with van der Waals surface area (Å²) in [5.41, 5.74) is 1.77. The van der Waals surface area contributed by atoms with Crippen molar-refractivity contribution < 1.29 is 19.1 Å². The van der Waals surface area contributed by atoms with Crippen molar-refractivity contribution in [3.63, 3.8) is 0 Å². The number of anilines is 3. The maximum atomic E-state index is 12.5. The molecular weight excluding hydrogens is 366 g/mol. The summed E-state index contributed by atoms with van der Waals surface area (Å²) in [6, 6.07) is 12.5. The third-order valence-electron chi connectivity index (χ3n) is 4.30. The summed E-state index contributed by atoms with van der Waals surface area (Å²) >= 11 is 1.47. The van der Waals surface area contributed by atoms with Crippen LogP contribution in [0.1, 0.15) is 6.92 Å². The molecule has 0 aliphatic carbocycles. The van der Waals surface area contributed by atoms with E-state index in [-0.39, 0.29) is 24.3 Å². The number of carbonyl (C=O) groups excluding carboxylic acids is 3. The van der Waals surface area contributed by atoms with Crippen molar-refractivity contribution in [1.82, 2.24) is 0 Å². The number of nitrogens with one attached hydrogen (secondary N) is 2. The van der Waals surface area contributed by atoms with Crippen LogP contribution in [0.3, 0.4) is 0 Å². The fraction of sp³-hybridized carbons (Fsp3) is 0.211. The van der Waals surface area contributed by atoms with Crippen molar-refractivity contribution in [3.8, 4) is 5.75 Å². The predicted octanol–water partition coefficient (Wildman–Crippen LogP) is 2.48. The summed E-state index contributed by atoms with van der Waals surface area (Å²) in [6.07, 6.45) is -0.555. The number of benzene rings is 2. The molecule has 0 radical (unpaired) electrons. The first-order chi connectivity index (χ1) is 13.0. The highest BCUT2D eigenvalue weighted by Crippen LogP contribution is 2.35. The normalized spacial score (nSPS) is 18.1. The van der Waals surface area contributed by atoms with E-state index in [9.17, 15) is 14.4 Å². The fourth-order valence-corrected chi connectivity index (χ4v) is 3.89. The van der Waals surface area contributed by atoms with Crippen LogP contribution in [0.4, 0.5) is 17.1 Å². The zero-order chi connectivity index (χ0) is 19.0. The van der Waals surface area contributed by atoms with Crippen LogP contribution >= 0.6 is 11.8 Å². The van der Waals surface area contributed by atoms with Gasteiger partial charge in [-0.05, 0) is 37.3 Å². The van der Waals surface area contributed by atoms with Gasteiger partial charge in [0.05, 0.1) is 17.1 Å². The highest BCUT2D eigenvalue weighted by Gasteiger charge is 2.27. The van der Waals surface area contributed by atoms with Crippen molar-refractivity contribution in [2.24, 2.45) is 0 Å². The average Bonchev–Trinajstić information content (AvgIpc) is 2.65. The Kier molecular flexibility index (Phi) is 4.49. The van der Waals surface area contributed by atoms with Gasteiger partial charge in [0.25, 0.3) is 5.91 Å². The Balaban J connectivity index is 1.48. The van der Waals surface area contributed by atoms with E-state index in [0.29, 0.717) is 22.9 Å². The van der Waals surface area contributed by atoms with Crippen LogP contribution in [0, 0.1) is 0 Å². The molecule has 2 aromatic rings. The summed E-state index contributed by atoms with van der Waals surface area (Å²) in [7, 11) is 0. The van der Waals surface area contributed by atoms with Gasteiger partial charge in [0.2, 0.25) is 11.8 Å². The van der Waals surface area contributed by atoms with Gasteiger partial charge in [0, 0.05) is 10.6 Å². The second-order valence-electron chi connectivity index (χ2n) is 6.24. The lowest BCUT2D eigenvalue weighted by Crippen LogP contribution is -2.41. The van der Waals surface area contributed by atoms with E-state index in [4.69, 9.17) is 4.74 Å². The van der Waals surface area contributed by atoms with Gasteiger partial charge in [0.15, 0.2) is 6.10 Å². The molecular formula is C19H17N3O4S. The lowest BCUT2D eigenvalue weighted by atomic mass is 10.2. The second kappa shape index (κ2) is 6.96. The van der Waals surface area contributed by atoms with Gasteiger partial charge in [-0.25, -0.2) is 0 Å². The molecule has 4 rings (SSSR count). The summed E-state index contributed by atoms with van der Waals surface area (Å²) in [4.78, 5) is 39.0. The summed E-state index contributed by atoms with van der Waals surface area (Å²) in [5.74, 6) is 0.205. The minimum atomic E-state index is -0.555. The van der Waals surface area contributed by atoms with Crippen LogP contribution < -0.4 is 20.3 Å². The summed E-state index contributed by atoms with van der Waals surface area (Å²) < 4.78 is 5.50. The number of fused-ring (bicyclic) bond motifs is 2. The average molecular weight is 383 g/mol. The molecule has 0 fully saturated rings. The molecule has 0 saturated carbocycles. The molecule has 0 spiro atoms. The number of hydrogen-bond acceptors (Lipinski definition) is 5. The maximum absolute atomic E-state index is 12.5. The molecule has 0 aromatic heterocycles. The largest absolute Gasteiger partial charge is 0.479 e. The maximum Gasteiger partial charge on any atom is 0.265 e. The monoisotopic (exact) mass is 383 g/mol. The van der Waals surface area contributed by atoms with Crippen LogP contribution in [-0.2, 0) is 14.4 Å². The number of rotatable bonds is 3. The van der Waals surface area contributed by atoms with E-state index >= 15 is 0 Å². The van der Waals surface area contributed by atoms with E-state index in [1.165, 1.54) is 16.7 Å². The Hall–Kier alpha value is -3.00. The van der Waals surface area contributed by atoms with Gasteiger partial charge in [-0.1, -0.05) is 12.1 Å². The van der Waals surface area contributed by atoms with Crippen molar-refractivity contribution in [1.29, 1.82) is 0 Å². The number of amides is 3. The number of carbonyl (C=O) groups is 3. The van der Waals surface area contributed by atoms with E-state index in [1.807, 2.05) is 24.3 Å². The van der Waals surface area contributed by atoms with E-state index in [0.717, 1.165) is 10.6 Å². The summed E-state index contributed by atoms with van der Waals surface area (Å²) in [6.45, 7) is 1.59. The fourth-order valence-electron chi connectivity index (χ4n) is 2.96. The van der Waals surface area contributed by atoms with Gasteiger partial charge in [-0.3, -0.25) is 14.4 Å². The SMILES string of the molecule is C[C@H]1Oc2ccc(NC(=O)CN3C(=O)CSc4ccccc43)cc2NC1=O. The molecule has 2 heterocycles. The third-order valence-corrected chi connectivity index (χ3v) is 5.35. The number of para-hydroxylation sites is 1. The molecule has 2 aliphatic heterocycles. The number of thioether (sulfide) groups is 1. The molecule has 7 nitrogen and oxygen atoms in total. The van der Waals surface area contributed by atoms with Gasteiger partial charge in [-0.2, -0.15) is 0 Å². The zero-order valence-electron chi connectivity index (χ0n) is 14.5. The third kappa shape index (κ3) is 3.48. The van der Waals surface area contributed by atoms with Crippen molar-refractivity contribution >= 4 is 46.5 Å². The molecule has 2 N–H and O–H groups in total. The highest BCUT2D eigenvalue weighted by atomic mass is 32.2. The van der Waals surface area contributed by atoms with Gasteiger partial charge in [-0.15, -0.1) is 11.8 Å². The van der Waals surface area contributed by atoms with E-state index in [1.54, 1.807) is 25.1 Å². The Morgan fingerprint density at radius 3 is 2.96 bits per heavy atom. The molecule has 0 bridgehead atoms. The summed E-state index contributed by atoms with van der Waals surface area (Å²) in [5, 5.41) is 5.51. The Labute approximate surface area is 160 Å². The molecule has 8 heteroatoms. The lowest BCUT2D eigenvalue weighted by Gasteiger charge is -2.28. The molecule has 1 atom stereocenters. The van der Waals surface area contributed by atoms with Crippen molar-refractivity contribution in [2.45, 2.75) is 17.9 Å². The van der Waals surface area contributed by atoms with Crippen LogP contribution in [0.25, 0.3) is 0 Å². The standard InChI is InChI=1S/C19H17N3O4S/c1-11-19(25)21-13-8-12(6-7-15(13)26-11)20-17(23)9-22-14-4-2-3-5-16(14)27-10-18(22)24/h2-8,11H,9-10H2,1H3,(H,20,23)(H,21,25)/t11-/m1/s1. The van der Waals surface area contributed by atoms with E-state index < -0.39 is 6.10 Å². The minimum Gasteiger partial charge on any atom is -0.479 e. The molecule has 0 unspecified atom stereocenters. The Morgan fingerprint density at radius 1 is 1.30 bits per heavy atom. The molecule has 0 saturated heterocycles. The highest BCUT2D eigenvalue weighted by molar-refractivity contribution is 8.00. The quantitative estimate of drug-likeness (QED) is 0.850. The minimum absolute atomic E-state index is 0.0760. The van der Waals surface area contributed by atoms with Crippen molar-refractivity contribution in [2.75, 3.05) is 27.8 Å². The van der Waals surface area contributed by atoms with E-state index in [2.05, 4.69) is 10.6 Å². The number of ether oxygens (including phenoxy) is 1. The number of hydrogen-bond donors (Lipinski definition) is 2. The van der Waals surface area contributed by atoms with Crippen LogP contribution in [0.15, 0.2) is 47.4 Å². The first-order valence-corrected chi connectivity index (χ1v) is 9.43. The second-order valence-corrected chi connectivity index (χ2v) is 7.26. The molecule has 138 valence electrons. The topological polar surface area (TPSA) is 87.7 Å².